The molecule has 1 saturated heterocycles. The number of likely N-dealkylation sites (tertiary alicyclic amines) is 1. The highest BCUT2D eigenvalue weighted by Gasteiger charge is 2.73. The van der Waals surface area contributed by atoms with Crippen LogP contribution in [0.2, 0.25) is 0 Å². The minimum atomic E-state index is -2.27. The fourth-order valence-electron chi connectivity index (χ4n) is 8.30. The van der Waals surface area contributed by atoms with Gasteiger partial charge in [-0.25, -0.2) is 14.3 Å². The van der Waals surface area contributed by atoms with Crippen molar-refractivity contribution >= 4 is 22.8 Å². The Balaban J connectivity index is 0.000000273. The highest BCUT2D eigenvalue weighted by atomic mass is 16.5. The number of hydrogen-bond acceptors (Lipinski definition) is 9. The summed E-state index contributed by atoms with van der Waals surface area (Å²) in [4.78, 5) is 35.5. The Bertz CT molecular complexity index is 1700. The molecule has 1 aromatic heterocycles. The van der Waals surface area contributed by atoms with Gasteiger partial charge in [0.05, 0.1) is 28.0 Å². The van der Waals surface area contributed by atoms with Gasteiger partial charge in [0.15, 0.2) is 23.7 Å². The van der Waals surface area contributed by atoms with E-state index >= 15 is 0 Å². The van der Waals surface area contributed by atoms with Gasteiger partial charge in [-0.1, -0.05) is 18.2 Å². The maximum absolute atomic E-state index is 13.4. The summed E-state index contributed by atoms with van der Waals surface area (Å²) < 4.78 is 8.34. The molecule has 3 heterocycles. The van der Waals surface area contributed by atoms with E-state index in [-0.39, 0.29) is 23.4 Å². The van der Waals surface area contributed by atoms with E-state index in [2.05, 4.69) is 10.00 Å². The first kappa shape index (κ1) is 28.8. The number of carboxylic acids is 2. The number of aromatic amines is 1. The number of ether oxygens (including phenoxy) is 1. The lowest BCUT2D eigenvalue weighted by Gasteiger charge is -2.64. The van der Waals surface area contributed by atoms with E-state index in [1.807, 2.05) is 30.3 Å². The summed E-state index contributed by atoms with van der Waals surface area (Å²) in [5.41, 5.74) is 1.36. The number of aromatic hydroxyl groups is 1. The molecule has 2 unspecified atom stereocenters. The fraction of sp³-hybridized carbons (Fsp3) is 0.516. The standard InChI is InChI=1S/C27H29N3O4.C4H6O6/c31-20-8-7-16-13-21-27(33)10-9-19(30-25(32)17-3-1-2-4-18(17)28-30)24-26(27,22(16)23(20)34-24)11-12-29(21)14-15-5-6-15;5-1(3(7)8)2(6)4(9)10/h1-4,7-8,15,19,21,24,28,31,33H,5-6,9-14H2;1-2,5-6H,(H,7,8)(H,9,10)/t19-,21-,24+,26+,27-;/m1./s1. The Morgan fingerprint density at radius 1 is 1.02 bits per heavy atom. The Labute approximate surface area is 250 Å². The molecule has 3 fully saturated rings. The minimum absolute atomic E-state index is 0.0383. The zero-order valence-electron chi connectivity index (χ0n) is 23.8. The van der Waals surface area contributed by atoms with Gasteiger partial charge in [0, 0.05) is 18.2 Å². The lowest BCUT2D eigenvalue weighted by atomic mass is 9.48. The number of phenols is 1. The van der Waals surface area contributed by atoms with Gasteiger partial charge in [0.2, 0.25) is 0 Å². The van der Waals surface area contributed by atoms with E-state index in [0.29, 0.717) is 24.0 Å². The number of piperidine rings is 1. The van der Waals surface area contributed by atoms with Crippen LogP contribution in [0.4, 0.5) is 0 Å². The molecule has 1 spiro atoms. The van der Waals surface area contributed by atoms with Gasteiger partial charge in [-0.3, -0.25) is 14.8 Å². The number of H-pyrrole nitrogens is 1. The Morgan fingerprint density at radius 2 is 1.73 bits per heavy atom. The normalized spacial score (nSPS) is 31.3. The fourth-order valence-corrected chi connectivity index (χ4v) is 8.30. The average molecular weight is 610 g/mol. The number of aromatic nitrogens is 2. The number of aliphatic hydroxyl groups is 3. The van der Waals surface area contributed by atoms with Crippen LogP contribution in [0, 0.1) is 5.92 Å². The first-order chi connectivity index (χ1) is 21.0. The number of phenolic OH excluding ortho intramolecular Hbond substituents is 1. The van der Waals surface area contributed by atoms with Crippen LogP contribution in [0.5, 0.6) is 11.5 Å². The summed E-state index contributed by atoms with van der Waals surface area (Å²) in [6.07, 6.45) is 0.442. The number of para-hydroxylation sites is 1. The number of carbonyl (C=O) groups is 2. The molecule has 3 aliphatic carbocycles. The van der Waals surface area contributed by atoms with Crippen molar-refractivity contribution in [3.05, 3.63) is 57.9 Å². The summed E-state index contributed by atoms with van der Waals surface area (Å²) in [7, 11) is 0. The molecule has 7 atom stereocenters. The van der Waals surface area contributed by atoms with Crippen LogP contribution in [0.3, 0.4) is 0 Å². The lowest BCUT2D eigenvalue weighted by Crippen LogP contribution is -2.76. The molecular formula is C31H35N3O10. The second kappa shape index (κ2) is 10.1. The van der Waals surface area contributed by atoms with Crippen LogP contribution in [0.1, 0.15) is 49.3 Å². The van der Waals surface area contributed by atoms with Crippen molar-refractivity contribution < 1.29 is 45.0 Å². The number of aliphatic hydroxyl groups excluding tert-OH is 2. The molecule has 2 bridgehead atoms. The number of rotatable bonds is 6. The van der Waals surface area contributed by atoms with Gasteiger partial charge in [-0.15, -0.1) is 0 Å². The maximum Gasteiger partial charge on any atom is 0.335 e. The van der Waals surface area contributed by atoms with Gasteiger partial charge in [-0.2, -0.15) is 0 Å². The van der Waals surface area contributed by atoms with Crippen LogP contribution in [0.25, 0.3) is 10.9 Å². The molecule has 2 aromatic carbocycles. The van der Waals surface area contributed by atoms with Crippen molar-refractivity contribution in [2.75, 3.05) is 13.1 Å². The first-order valence-electron chi connectivity index (χ1n) is 15.0. The molecule has 13 nitrogen and oxygen atoms in total. The van der Waals surface area contributed by atoms with Gasteiger partial charge in [0.25, 0.3) is 5.56 Å². The number of fused-ring (bicyclic) bond motifs is 1. The number of aliphatic carboxylic acids is 2. The number of carboxylic acid groups (broad SMARTS) is 2. The van der Waals surface area contributed by atoms with Crippen LogP contribution in [-0.4, -0.2) is 100 Å². The zero-order chi connectivity index (χ0) is 31.1. The first-order valence-corrected chi connectivity index (χ1v) is 15.0. The number of benzene rings is 2. The highest BCUT2D eigenvalue weighted by Crippen LogP contribution is 2.67. The van der Waals surface area contributed by atoms with Gasteiger partial charge in [-0.05, 0) is 74.8 Å². The summed E-state index contributed by atoms with van der Waals surface area (Å²) in [5, 5.41) is 59.9. The van der Waals surface area contributed by atoms with Crippen molar-refractivity contribution in [3.63, 3.8) is 0 Å². The van der Waals surface area contributed by atoms with Gasteiger partial charge in [0.1, 0.15) is 6.10 Å². The molecule has 0 radical (unpaired) electrons. The lowest BCUT2D eigenvalue weighted by molar-refractivity contribution is -0.196. The van der Waals surface area contributed by atoms with Crippen LogP contribution in [0.15, 0.2) is 41.2 Å². The quantitative estimate of drug-likeness (QED) is 0.207. The Morgan fingerprint density at radius 3 is 2.39 bits per heavy atom. The van der Waals surface area contributed by atoms with E-state index in [1.54, 1.807) is 10.7 Å². The summed E-state index contributed by atoms with van der Waals surface area (Å²) in [6, 6.07) is 11.1. The van der Waals surface area contributed by atoms with E-state index < -0.39 is 41.3 Å². The van der Waals surface area contributed by atoms with Crippen molar-refractivity contribution in [2.45, 2.75) is 79.9 Å². The summed E-state index contributed by atoms with van der Waals surface area (Å²) in [6.45, 7) is 1.96. The largest absolute Gasteiger partial charge is 0.504 e. The smallest absolute Gasteiger partial charge is 0.335 e. The van der Waals surface area contributed by atoms with E-state index in [0.717, 1.165) is 42.9 Å². The average Bonchev–Trinajstić information content (AvgIpc) is 3.66. The number of nitrogens with zero attached hydrogens (tertiary/aromatic N) is 2. The van der Waals surface area contributed by atoms with Gasteiger partial charge >= 0.3 is 11.9 Å². The molecule has 8 rings (SSSR count). The SMILES string of the molecule is O=C(O)C(O)C(O)C(=O)O.O=c1c2ccccc2[nH]n1[C@@H]1CC[C@@]2(O)[C@H]3Cc4ccc(O)c5c4[C@@]2(CCN3CC2CC2)[C@H]1O5. The third-order valence-electron chi connectivity index (χ3n) is 10.5. The zero-order valence-corrected chi connectivity index (χ0v) is 23.8. The van der Waals surface area contributed by atoms with Gasteiger partial charge < -0.3 is 35.4 Å². The number of nitrogens with one attached hydrogen (secondary N) is 1. The molecule has 7 N–H and O–H groups in total. The van der Waals surface area contributed by atoms with E-state index in [4.69, 9.17) is 25.2 Å². The predicted molar refractivity (Wildman–Crippen MR) is 154 cm³/mol. The molecule has 2 aliphatic heterocycles. The third-order valence-corrected chi connectivity index (χ3v) is 10.5. The highest BCUT2D eigenvalue weighted by molar-refractivity contribution is 5.83. The second-order valence-electron chi connectivity index (χ2n) is 12.8. The number of hydrogen-bond donors (Lipinski definition) is 7. The summed E-state index contributed by atoms with van der Waals surface area (Å²) in [5.74, 6) is -2.13. The maximum atomic E-state index is 13.4. The summed E-state index contributed by atoms with van der Waals surface area (Å²) >= 11 is 0. The molecule has 44 heavy (non-hydrogen) atoms. The Hall–Kier alpha value is -3.91. The third kappa shape index (κ3) is 4.03. The van der Waals surface area contributed by atoms with Crippen LogP contribution >= 0.6 is 0 Å². The topological polar surface area (TPSA) is 206 Å². The van der Waals surface area contributed by atoms with Crippen molar-refractivity contribution in [3.8, 4) is 11.5 Å². The van der Waals surface area contributed by atoms with Crippen molar-refractivity contribution in [2.24, 2.45) is 5.92 Å². The molecule has 2 saturated carbocycles. The second-order valence-corrected chi connectivity index (χ2v) is 12.8. The molecule has 5 aliphatic rings. The molecule has 0 amide bonds. The molecule has 234 valence electrons. The molecular weight excluding hydrogens is 574 g/mol. The predicted octanol–water partition coefficient (Wildman–Crippen LogP) is 0.718. The monoisotopic (exact) mass is 609 g/mol. The van der Waals surface area contributed by atoms with E-state index in [1.165, 1.54) is 18.4 Å². The van der Waals surface area contributed by atoms with Crippen LogP contribution in [-0.2, 0) is 21.4 Å². The Kier molecular flexibility index (Phi) is 6.59. The van der Waals surface area contributed by atoms with Crippen molar-refractivity contribution in [1.82, 2.24) is 14.7 Å². The van der Waals surface area contributed by atoms with E-state index in [9.17, 15) is 24.6 Å². The minimum Gasteiger partial charge on any atom is -0.504 e. The molecule has 3 aromatic rings. The van der Waals surface area contributed by atoms with Crippen LogP contribution < -0.4 is 10.3 Å². The van der Waals surface area contributed by atoms with Crippen molar-refractivity contribution in [1.29, 1.82) is 0 Å². The molecule has 13 heteroatoms.